The third-order valence-corrected chi connectivity index (χ3v) is 17.0. The van der Waals surface area contributed by atoms with Gasteiger partial charge >= 0.3 is 0 Å². The van der Waals surface area contributed by atoms with E-state index < -0.39 is 10.8 Å². The quantitative estimate of drug-likeness (QED) is 0.175. The number of rotatable bonds is 4. The normalized spacial score (nSPS) is 14.7. The van der Waals surface area contributed by atoms with E-state index in [1.165, 1.54) is 99.7 Å². The average Bonchev–Trinajstić information content (AvgIpc) is 4.28. The lowest BCUT2D eigenvalue weighted by Crippen LogP contribution is -2.28. The Bertz CT molecular complexity index is 4490. The van der Waals surface area contributed by atoms with Crippen molar-refractivity contribution in [3.8, 4) is 27.9 Å². The van der Waals surface area contributed by atoms with Gasteiger partial charge in [-0.3, -0.25) is 0 Å². The first-order chi connectivity index (χ1) is 36.2. The van der Waals surface area contributed by atoms with E-state index in [4.69, 9.17) is 4.42 Å². The summed E-state index contributed by atoms with van der Waals surface area (Å²) in [4.78, 5) is 2.49. The molecule has 2 heterocycles. The Hall–Kier alpha value is -9.44. The maximum absolute atomic E-state index is 6.48. The van der Waals surface area contributed by atoms with Crippen molar-refractivity contribution >= 4 is 72.0 Å². The second-order valence-electron chi connectivity index (χ2n) is 20.2. The highest BCUT2D eigenvalue weighted by Gasteiger charge is 2.63. The van der Waals surface area contributed by atoms with E-state index >= 15 is 0 Å². The number of anilines is 3. The van der Waals surface area contributed by atoms with Crippen LogP contribution in [0.25, 0.3) is 82.8 Å². The molecule has 2 aromatic heterocycles. The van der Waals surface area contributed by atoms with Crippen molar-refractivity contribution in [1.29, 1.82) is 0 Å². The predicted octanol–water partition coefficient (Wildman–Crippen LogP) is 17.7. The van der Waals surface area contributed by atoms with E-state index in [2.05, 4.69) is 264 Å². The summed E-state index contributed by atoms with van der Waals surface area (Å²) in [5.74, 6) is 0. The molecule has 17 rings (SSSR count). The molecular formula is C70H42N2O. The highest BCUT2D eigenvalue weighted by Crippen LogP contribution is 2.74. The van der Waals surface area contributed by atoms with Crippen LogP contribution in [-0.4, -0.2) is 4.57 Å². The number of para-hydroxylation sites is 3. The van der Waals surface area contributed by atoms with Crippen molar-refractivity contribution in [3.63, 3.8) is 0 Å². The molecule has 0 atom stereocenters. The molecule has 13 aromatic rings. The zero-order valence-electron chi connectivity index (χ0n) is 39.6. The van der Waals surface area contributed by atoms with E-state index in [9.17, 15) is 0 Å². The molecule has 0 saturated carbocycles. The highest BCUT2D eigenvalue weighted by molar-refractivity contribution is 6.20. The van der Waals surface area contributed by atoms with Crippen LogP contribution < -0.4 is 4.90 Å². The van der Waals surface area contributed by atoms with Crippen LogP contribution in [0.15, 0.2) is 259 Å². The Morgan fingerprint density at radius 1 is 0.288 bits per heavy atom. The number of fused-ring (bicyclic) bond motifs is 24. The summed E-state index contributed by atoms with van der Waals surface area (Å²) < 4.78 is 8.88. The Balaban J connectivity index is 0.986. The number of benzene rings is 11. The van der Waals surface area contributed by atoms with Crippen LogP contribution in [0.2, 0.25) is 0 Å². The summed E-state index contributed by atoms with van der Waals surface area (Å²) in [6, 6.07) is 95.4. The molecule has 0 radical (unpaired) electrons. The van der Waals surface area contributed by atoms with Gasteiger partial charge in [-0.25, -0.2) is 0 Å². The van der Waals surface area contributed by atoms with Gasteiger partial charge in [0.05, 0.1) is 21.9 Å². The van der Waals surface area contributed by atoms with Crippen LogP contribution in [0.1, 0.15) is 44.5 Å². The van der Waals surface area contributed by atoms with Gasteiger partial charge in [0.1, 0.15) is 11.2 Å². The lowest BCUT2D eigenvalue weighted by Gasteiger charge is -2.35. The Morgan fingerprint density at radius 3 is 1.36 bits per heavy atom. The second-order valence-corrected chi connectivity index (χ2v) is 20.2. The van der Waals surface area contributed by atoms with Crippen molar-refractivity contribution in [2.75, 3.05) is 4.90 Å². The number of hydrogen-bond donors (Lipinski definition) is 0. The SMILES string of the molecule is c1ccc(-n2c3ccccc3c3cc(N(c4ccc5c(c4)C4(C6=C5C5(c7ccccc76)c6ccccc6-c6ccccc65)c5ccccc5-c5ccccc54)c4ccc5oc6ccccc6c5c4)ccc32)cc1. The minimum Gasteiger partial charge on any atom is -0.456 e. The van der Waals surface area contributed by atoms with Crippen molar-refractivity contribution in [2.45, 2.75) is 10.8 Å². The minimum atomic E-state index is -0.622. The summed E-state index contributed by atoms with van der Waals surface area (Å²) in [5, 5.41) is 4.61. The molecule has 3 heteroatoms. The lowest BCUT2D eigenvalue weighted by molar-refractivity contribution is 0.669. The highest BCUT2D eigenvalue weighted by atomic mass is 16.3. The van der Waals surface area contributed by atoms with Gasteiger partial charge in [0.2, 0.25) is 0 Å². The summed E-state index contributed by atoms with van der Waals surface area (Å²) in [7, 11) is 0. The second kappa shape index (κ2) is 14.1. The van der Waals surface area contributed by atoms with Crippen LogP contribution in [0.4, 0.5) is 17.1 Å². The molecular weight excluding hydrogens is 885 g/mol. The molecule has 2 spiro atoms. The number of allylic oxidation sites excluding steroid dienone is 2. The number of aromatic nitrogens is 1. The summed E-state index contributed by atoms with van der Waals surface area (Å²) in [6.07, 6.45) is 0. The van der Waals surface area contributed by atoms with Crippen LogP contribution in [-0.2, 0) is 10.8 Å². The number of nitrogens with zero attached hydrogens (tertiary/aromatic N) is 2. The number of hydrogen-bond acceptors (Lipinski definition) is 2. The molecule has 0 bridgehead atoms. The molecule has 0 fully saturated rings. The fraction of sp³-hybridized carbons (Fsp3) is 0.0286. The predicted molar refractivity (Wildman–Crippen MR) is 300 cm³/mol. The molecule has 73 heavy (non-hydrogen) atoms. The topological polar surface area (TPSA) is 21.3 Å². The van der Waals surface area contributed by atoms with Gasteiger partial charge in [0.15, 0.2) is 0 Å². The zero-order chi connectivity index (χ0) is 47.6. The van der Waals surface area contributed by atoms with Crippen molar-refractivity contribution in [2.24, 2.45) is 0 Å². The summed E-state index contributed by atoms with van der Waals surface area (Å²) in [6.45, 7) is 0. The van der Waals surface area contributed by atoms with Crippen molar-refractivity contribution in [1.82, 2.24) is 4.57 Å². The Kier molecular flexibility index (Phi) is 7.60. The molecule has 0 amide bonds. The van der Waals surface area contributed by atoms with Gasteiger partial charge in [-0.1, -0.05) is 182 Å². The van der Waals surface area contributed by atoms with Gasteiger partial charge in [-0.15, -0.1) is 0 Å². The van der Waals surface area contributed by atoms with E-state index in [1.807, 2.05) is 0 Å². The first-order valence-electron chi connectivity index (χ1n) is 25.4. The number of furan rings is 1. The Morgan fingerprint density at radius 2 is 0.712 bits per heavy atom. The van der Waals surface area contributed by atoms with Gasteiger partial charge in [0, 0.05) is 44.3 Å². The molecule has 4 aliphatic rings. The van der Waals surface area contributed by atoms with Crippen LogP contribution in [0, 0.1) is 0 Å². The van der Waals surface area contributed by atoms with Crippen LogP contribution >= 0.6 is 0 Å². The average molecular weight is 927 g/mol. The first kappa shape index (κ1) is 39.3. The zero-order valence-corrected chi connectivity index (χ0v) is 39.6. The van der Waals surface area contributed by atoms with Crippen LogP contribution in [0.3, 0.4) is 0 Å². The largest absolute Gasteiger partial charge is 0.456 e. The fourth-order valence-corrected chi connectivity index (χ4v) is 14.4. The molecule has 338 valence electrons. The molecule has 0 saturated heterocycles. The smallest absolute Gasteiger partial charge is 0.135 e. The third-order valence-electron chi connectivity index (χ3n) is 17.0. The van der Waals surface area contributed by atoms with Gasteiger partial charge in [-0.05, 0) is 151 Å². The first-order valence-corrected chi connectivity index (χ1v) is 25.4. The molecule has 4 aliphatic carbocycles. The maximum atomic E-state index is 6.48. The molecule has 11 aromatic carbocycles. The lowest BCUT2D eigenvalue weighted by atomic mass is 9.66. The monoisotopic (exact) mass is 926 g/mol. The molecule has 0 N–H and O–H groups in total. The maximum Gasteiger partial charge on any atom is 0.135 e. The standard InChI is InChI=1S/C70H42N2O/c1-2-18-43(19-3-1)72-63-32-16-9-24-51(63)55-40-44(35-38-64(55)72)71(45-36-39-66-56(41-45)52-25-10-17-33-65(52)73-66)46-34-37-54-62(42-46)70(59-29-13-6-22-49(59)50-23-7-14-30-60(50)70)67-53-26-8-15-31-61(53)69(68(54)67)57-27-11-4-20-47(57)48-21-5-12-28-58(48)69/h1-42H. The van der Waals surface area contributed by atoms with Gasteiger partial charge < -0.3 is 13.9 Å². The Labute approximate surface area is 421 Å². The van der Waals surface area contributed by atoms with E-state index in [0.717, 1.165) is 44.7 Å². The summed E-state index contributed by atoms with van der Waals surface area (Å²) >= 11 is 0. The van der Waals surface area contributed by atoms with E-state index in [0.29, 0.717) is 0 Å². The van der Waals surface area contributed by atoms with Gasteiger partial charge in [-0.2, -0.15) is 0 Å². The minimum absolute atomic E-state index is 0.531. The van der Waals surface area contributed by atoms with E-state index in [-0.39, 0.29) is 0 Å². The third kappa shape index (κ3) is 4.80. The molecule has 3 nitrogen and oxygen atoms in total. The van der Waals surface area contributed by atoms with Gasteiger partial charge in [0.25, 0.3) is 0 Å². The van der Waals surface area contributed by atoms with Crippen molar-refractivity contribution < 1.29 is 4.42 Å². The van der Waals surface area contributed by atoms with Crippen molar-refractivity contribution in [3.05, 3.63) is 299 Å². The summed E-state index contributed by atoms with van der Waals surface area (Å²) in [5.41, 5.74) is 26.0. The van der Waals surface area contributed by atoms with E-state index in [1.54, 1.807) is 0 Å². The fourth-order valence-electron chi connectivity index (χ4n) is 14.4. The molecule has 0 aliphatic heterocycles. The van der Waals surface area contributed by atoms with Crippen LogP contribution in [0.5, 0.6) is 0 Å². The molecule has 0 unspecified atom stereocenters.